The fourth-order valence-corrected chi connectivity index (χ4v) is 2.50. The molecule has 1 heterocycles. The van der Waals surface area contributed by atoms with Crippen LogP contribution >= 0.6 is 23.8 Å². The van der Waals surface area contributed by atoms with Gasteiger partial charge in [0.2, 0.25) is 0 Å². The average molecular weight is 352 g/mol. The standard InChI is InChI=1S/C16H22ClN5S/c1-21(2)9-5-8-18-16(23)20-14-10-19-22(12-14)11-13-6-3-4-7-15(13)17/h3-4,6-7,10,12H,5,8-9,11H2,1-2H3,(H2,18,20,23). The van der Waals surface area contributed by atoms with Gasteiger partial charge in [0.05, 0.1) is 18.4 Å². The Kier molecular flexibility index (Phi) is 6.83. The molecule has 2 aromatic rings. The minimum atomic E-state index is 0.612. The van der Waals surface area contributed by atoms with Crippen molar-refractivity contribution in [1.29, 1.82) is 0 Å². The second-order valence-electron chi connectivity index (χ2n) is 5.56. The van der Waals surface area contributed by atoms with Crippen molar-refractivity contribution in [3.63, 3.8) is 0 Å². The van der Waals surface area contributed by atoms with Crippen LogP contribution in [0.4, 0.5) is 5.69 Å². The second kappa shape index (κ2) is 8.86. The van der Waals surface area contributed by atoms with Gasteiger partial charge >= 0.3 is 0 Å². The summed E-state index contributed by atoms with van der Waals surface area (Å²) in [5, 5.41) is 12.0. The van der Waals surface area contributed by atoms with Crippen molar-refractivity contribution in [2.45, 2.75) is 13.0 Å². The van der Waals surface area contributed by atoms with Crippen LogP contribution in [0, 0.1) is 0 Å². The van der Waals surface area contributed by atoms with Gasteiger partial charge in [0.15, 0.2) is 5.11 Å². The maximum Gasteiger partial charge on any atom is 0.170 e. The lowest BCUT2D eigenvalue weighted by Gasteiger charge is -2.11. The highest BCUT2D eigenvalue weighted by Gasteiger charge is 2.04. The summed E-state index contributed by atoms with van der Waals surface area (Å²) in [4.78, 5) is 2.15. The largest absolute Gasteiger partial charge is 0.362 e. The first-order valence-electron chi connectivity index (χ1n) is 7.50. The van der Waals surface area contributed by atoms with Gasteiger partial charge in [-0.3, -0.25) is 4.68 Å². The summed E-state index contributed by atoms with van der Waals surface area (Å²) in [7, 11) is 4.12. The Morgan fingerprint density at radius 3 is 2.87 bits per heavy atom. The van der Waals surface area contributed by atoms with Crippen LogP contribution in [0.3, 0.4) is 0 Å². The number of benzene rings is 1. The van der Waals surface area contributed by atoms with Gasteiger partial charge in [-0.2, -0.15) is 5.10 Å². The quantitative estimate of drug-likeness (QED) is 0.593. The summed E-state index contributed by atoms with van der Waals surface area (Å²) < 4.78 is 1.83. The van der Waals surface area contributed by atoms with Gasteiger partial charge in [-0.25, -0.2) is 0 Å². The van der Waals surface area contributed by atoms with Gasteiger partial charge in [0.25, 0.3) is 0 Å². The van der Waals surface area contributed by atoms with Gasteiger partial charge in [0, 0.05) is 17.8 Å². The maximum absolute atomic E-state index is 6.17. The summed E-state index contributed by atoms with van der Waals surface area (Å²) in [6.07, 6.45) is 4.71. The van der Waals surface area contributed by atoms with Gasteiger partial charge in [-0.1, -0.05) is 29.8 Å². The Morgan fingerprint density at radius 1 is 1.35 bits per heavy atom. The lowest BCUT2D eigenvalue weighted by molar-refractivity contribution is 0.400. The molecule has 1 aromatic heterocycles. The van der Waals surface area contributed by atoms with E-state index >= 15 is 0 Å². The predicted octanol–water partition coefficient (Wildman–Crippen LogP) is 2.82. The number of thiocarbonyl (C=S) groups is 1. The molecule has 0 atom stereocenters. The van der Waals surface area contributed by atoms with Crippen LogP contribution in [0.25, 0.3) is 0 Å². The van der Waals surface area contributed by atoms with Crippen LogP contribution in [0.1, 0.15) is 12.0 Å². The average Bonchev–Trinajstić information content (AvgIpc) is 2.93. The third-order valence-corrected chi connectivity index (χ3v) is 3.86. The Hall–Kier alpha value is -1.63. The fraction of sp³-hybridized carbons (Fsp3) is 0.375. The molecule has 2 rings (SSSR count). The van der Waals surface area contributed by atoms with Gasteiger partial charge in [-0.15, -0.1) is 0 Å². The van der Waals surface area contributed by atoms with E-state index in [1.165, 1.54) is 0 Å². The van der Waals surface area contributed by atoms with Gasteiger partial charge in [-0.05, 0) is 50.9 Å². The molecule has 0 fully saturated rings. The Balaban J connectivity index is 1.80. The minimum absolute atomic E-state index is 0.612. The molecule has 5 nitrogen and oxygen atoms in total. The highest BCUT2D eigenvalue weighted by Crippen LogP contribution is 2.16. The lowest BCUT2D eigenvalue weighted by atomic mass is 10.2. The van der Waals surface area contributed by atoms with Gasteiger partial charge < -0.3 is 15.5 Å². The molecule has 0 bridgehead atoms. The fourth-order valence-electron chi connectivity index (χ4n) is 2.09. The van der Waals surface area contributed by atoms with E-state index in [2.05, 4.69) is 34.7 Å². The van der Waals surface area contributed by atoms with E-state index in [1.54, 1.807) is 6.20 Å². The summed E-state index contributed by atoms with van der Waals surface area (Å²) in [6.45, 7) is 2.51. The third-order valence-electron chi connectivity index (χ3n) is 3.25. The number of nitrogens with zero attached hydrogens (tertiary/aromatic N) is 3. The van der Waals surface area contributed by atoms with E-state index in [0.717, 1.165) is 35.8 Å². The van der Waals surface area contributed by atoms with E-state index < -0.39 is 0 Å². The third kappa shape index (κ3) is 6.17. The molecule has 124 valence electrons. The molecule has 1 aromatic carbocycles. The molecule has 2 N–H and O–H groups in total. The van der Waals surface area contributed by atoms with E-state index in [0.29, 0.717) is 11.7 Å². The second-order valence-corrected chi connectivity index (χ2v) is 6.37. The highest BCUT2D eigenvalue weighted by atomic mass is 35.5. The zero-order chi connectivity index (χ0) is 16.7. The van der Waals surface area contributed by atoms with Crippen molar-refractivity contribution >= 4 is 34.6 Å². The van der Waals surface area contributed by atoms with Crippen LogP contribution in [0.2, 0.25) is 5.02 Å². The molecule has 0 aliphatic carbocycles. The first-order valence-corrected chi connectivity index (χ1v) is 8.28. The van der Waals surface area contributed by atoms with Gasteiger partial charge in [0.1, 0.15) is 0 Å². The number of anilines is 1. The van der Waals surface area contributed by atoms with Crippen LogP contribution in [0.15, 0.2) is 36.7 Å². The highest BCUT2D eigenvalue weighted by molar-refractivity contribution is 7.80. The van der Waals surface area contributed by atoms with Crippen LogP contribution < -0.4 is 10.6 Å². The maximum atomic E-state index is 6.17. The van der Waals surface area contributed by atoms with Crippen LogP contribution in [0.5, 0.6) is 0 Å². The molecule has 0 saturated heterocycles. The molecule has 0 saturated carbocycles. The van der Waals surface area contributed by atoms with Crippen molar-refractivity contribution < 1.29 is 0 Å². The van der Waals surface area contributed by atoms with Crippen LogP contribution in [-0.2, 0) is 6.54 Å². The van der Waals surface area contributed by atoms with E-state index in [-0.39, 0.29) is 0 Å². The van der Waals surface area contributed by atoms with Crippen molar-refractivity contribution in [1.82, 2.24) is 20.0 Å². The number of hydrogen-bond donors (Lipinski definition) is 2. The first kappa shape index (κ1) is 17.7. The van der Waals surface area contributed by atoms with Crippen molar-refractivity contribution in [3.8, 4) is 0 Å². The molecule has 7 heteroatoms. The smallest absolute Gasteiger partial charge is 0.170 e. The number of aromatic nitrogens is 2. The van der Waals surface area contributed by atoms with E-state index in [1.807, 2.05) is 35.1 Å². The van der Waals surface area contributed by atoms with Crippen LogP contribution in [-0.4, -0.2) is 47.0 Å². The first-order chi connectivity index (χ1) is 11.0. The molecule has 23 heavy (non-hydrogen) atoms. The summed E-state index contributed by atoms with van der Waals surface area (Å²) >= 11 is 11.4. The molecule has 0 amide bonds. The van der Waals surface area contributed by atoms with Crippen molar-refractivity contribution in [3.05, 3.63) is 47.2 Å². The number of halogens is 1. The Labute approximate surface area is 147 Å². The molecule has 0 aliphatic rings. The van der Waals surface area contributed by atoms with E-state index in [9.17, 15) is 0 Å². The molecule has 0 radical (unpaired) electrons. The minimum Gasteiger partial charge on any atom is -0.362 e. The SMILES string of the molecule is CN(C)CCCNC(=S)Nc1cnn(Cc2ccccc2Cl)c1. The summed E-state index contributed by atoms with van der Waals surface area (Å²) in [6, 6.07) is 7.76. The number of nitrogens with one attached hydrogen (secondary N) is 2. The van der Waals surface area contributed by atoms with Crippen molar-refractivity contribution in [2.24, 2.45) is 0 Å². The zero-order valence-corrected chi connectivity index (χ0v) is 15.0. The predicted molar refractivity (Wildman–Crippen MR) is 100 cm³/mol. The van der Waals surface area contributed by atoms with E-state index in [4.69, 9.17) is 23.8 Å². The topological polar surface area (TPSA) is 45.1 Å². The molecule has 0 aliphatic heterocycles. The molecule has 0 unspecified atom stereocenters. The normalized spacial score (nSPS) is 10.8. The lowest BCUT2D eigenvalue weighted by Crippen LogP contribution is -2.30. The molecule has 0 spiro atoms. The zero-order valence-electron chi connectivity index (χ0n) is 13.4. The molecular weight excluding hydrogens is 330 g/mol. The number of rotatable bonds is 7. The number of hydrogen-bond acceptors (Lipinski definition) is 3. The summed E-state index contributed by atoms with van der Waals surface area (Å²) in [5.41, 5.74) is 1.90. The van der Waals surface area contributed by atoms with Crippen molar-refractivity contribution in [2.75, 3.05) is 32.5 Å². The Bertz CT molecular complexity index is 641. The molecular formula is C16H22ClN5S. The summed E-state index contributed by atoms with van der Waals surface area (Å²) in [5.74, 6) is 0. The Morgan fingerprint density at radius 2 is 2.13 bits per heavy atom. The monoisotopic (exact) mass is 351 g/mol.